The molecule has 10 heteroatoms. The summed E-state index contributed by atoms with van der Waals surface area (Å²) in [5.74, 6) is -1.38. The molecule has 3 rings (SSSR count). The number of hydrogen-bond acceptors (Lipinski definition) is 5. The van der Waals surface area contributed by atoms with Crippen molar-refractivity contribution in [2.45, 2.75) is 6.92 Å². The lowest BCUT2D eigenvalue weighted by Gasteiger charge is -2.04. The minimum atomic E-state index is -0.808. The molecule has 0 saturated carbocycles. The summed E-state index contributed by atoms with van der Waals surface area (Å²) in [6.07, 6.45) is 0. The molecular weight excluding hydrogens is 365 g/mol. The Morgan fingerprint density at radius 2 is 1.96 bits per heavy atom. The Bertz CT molecular complexity index is 1000. The van der Waals surface area contributed by atoms with Gasteiger partial charge in [0.2, 0.25) is 5.82 Å². The molecule has 0 spiro atoms. The van der Waals surface area contributed by atoms with Gasteiger partial charge in [-0.1, -0.05) is 11.6 Å². The standard InChI is InChI=1S/C16H11ClFN5O3/c1-9-19-15(21-22(9)11-4-2-10(17)3-5-11)16(24)20-14-8-12(23(25)26)6-7-13(14)18/h2-8H,1H3,(H,20,24). The normalized spacial score (nSPS) is 10.6. The molecule has 1 aromatic heterocycles. The maximum absolute atomic E-state index is 13.8. The summed E-state index contributed by atoms with van der Waals surface area (Å²) in [6.45, 7) is 1.65. The Balaban J connectivity index is 1.87. The van der Waals surface area contributed by atoms with Crippen LogP contribution in [0.1, 0.15) is 16.4 Å². The lowest BCUT2D eigenvalue weighted by molar-refractivity contribution is -0.384. The molecule has 0 aliphatic heterocycles. The van der Waals surface area contributed by atoms with E-state index in [1.165, 1.54) is 4.68 Å². The zero-order valence-corrected chi connectivity index (χ0v) is 14.1. The zero-order valence-electron chi connectivity index (χ0n) is 13.3. The number of carbonyl (C=O) groups excluding carboxylic acids is 1. The van der Waals surface area contributed by atoms with Crippen LogP contribution in [0.2, 0.25) is 5.02 Å². The zero-order chi connectivity index (χ0) is 18.8. The van der Waals surface area contributed by atoms with Crippen molar-refractivity contribution >= 4 is 28.9 Å². The number of aromatic nitrogens is 3. The van der Waals surface area contributed by atoms with Crippen LogP contribution < -0.4 is 5.32 Å². The number of hydrogen-bond donors (Lipinski definition) is 1. The number of nitrogens with one attached hydrogen (secondary N) is 1. The molecule has 1 heterocycles. The van der Waals surface area contributed by atoms with Gasteiger partial charge in [0.25, 0.3) is 11.6 Å². The Morgan fingerprint density at radius 3 is 2.62 bits per heavy atom. The van der Waals surface area contributed by atoms with Gasteiger partial charge in [-0.3, -0.25) is 14.9 Å². The summed E-state index contributed by atoms with van der Waals surface area (Å²) < 4.78 is 15.2. The number of nitro benzene ring substituents is 1. The summed E-state index contributed by atoms with van der Waals surface area (Å²) in [4.78, 5) is 26.4. The van der Waals surface area contributed by atoms with E-state index >= 15 is 0 Å². The number of rotatable bonds is 4. The molecule has 0 fully saturated rings. The van der Waals surface area contributed by atoms with Crippen molar-refractivity contribution in [1.82, 2.24) is 14.8 Å². The fourth-order valence-electron chi connectivity index (χ4n) is 2.21. The topological polar surface area (TPSA) is 103 Å². The molecule has 8 nitrogen and oxygen atoms in total. The van der Waals surface area contributed by atoms with Gasteiger partial charge >= 0.3 is 0 Å². The third kappa shape index (κ3) is 3.52. The van der Waals surface area contributed by atoms with E-state index < -0.39 is 16.6 Å². The molecule has 0 atom stereocenters. The predicted molar refractivity (Wildman–Crippen MR) is 92.1 cm³/mol. The summed E-state index contributed by atoms with van der Waals surface area (Å²) in [7, 11) is 0. The number of anilines is 1. The molecule has 0 bridgehead atoms. The first-order valence-electron chi connectivity index (χ1n) is 7.30. The number of non-ortho nitro benzene ring substituents is 1. The fraction of sp³-hybridized carbons (Fsp3) is 0.0625. The lowest BCUT2D eigenvalue weighted by Crippen LogP contribution is -2.15. The van der Waals surface area contributed by atoms with Crippen molar-refractivity contribution in [2.24, 2.45) is 0 Å². The average molecular weight is 376 g/mol. The maximum Gasteiger partial charge on any atom is 0.295 e. The highest BCUT2D eigenvalue weighted by Crippen LogP contribution is 2.22. The Labute approximate surface area is 151 Å². The molecule has 0 unspecified atom stereocenters. The van der Waals surface area contributed by atoms with E-state index in [1.54, 1.807) is 31.2 Å². The SMILES string of the molecule is Cc1nc(C(=O)Nc2cc([N+](=O)[O-])ccc2F)nn1-c1ccc(Cl)cc1. The molecule has 1 amide bonds. The number of carbonyl (C=O) groups is 1. The number of amides is 1. The van der Waals surface area contributed by atoms with Gasteiger partial charge in [-0.05, 0) is 37.3 Å². The third-order valence-corrected chi connectivity index (χ3v) is 3.70. The van der Waals surface area contributed by atoms with Crippen molar-refractivity contribution in [2.75, 3.05) is 5.32 Å². The first-order valence-corrected chi connectivity index (χ1v) is 7.68. The van der Waals surface area contributed by atoms with E-state index in [0.717, 1.165) is 18.2 Å². The lowest BCUT2D eigenvalue weighted by atomic mass is 10.2. The minimum absolute atomic E-state index is 0.205. The summed E-state index contributed by atoms with van der Waals surface area (Å²) >= 11 is 5.84. The molecule has 0 aliphatic carbocycles. The molecule has 2 aromatic carbocycles. The van der Waals surface area contributed by atoms with Crippen LogP contribution in [0, 0.1) is 22.9 Å². The van der Waals surface area contributed by atoms with Crippen molar-refractivity contribution < 1.29 is 14.1 Å². The highest BCUT2D eigenvalue weighted by molar-refractivity contribution is 6.30. The van der Waals surface area contributed by atoms with Gasteiger partial charge in [0.1, 0.15) is 11.6 Å². The number of nitro groups is 1. The first-order chi connectivity index (χ1) is 12.3. The smallest absolute Gasteiger partial charge is 0.295 e. The molecule has 0 radical (unpaired) electrons. The summed E-state index contributed by atoms with van der Waals surface area (Å²) in [6, 6.07) is 9.56. The van der Waals surface area contributed by atoms with Gasteiger partial charge in [0.05, 0.1) is 16.3 Å². The van der Waals surface area contributed by atoms with Crippen molar-refractivity contribution in [3.63, 3.8) is 0 Å². The molecule has 0 saturated heterocycles. The second-order valence-electron chi connectivity index (χ2n) is 5.25. The van der Waals surface area contributed by atoms with Gasteiger partial charge in [0, 0.05) is 17.2 Å². The van der Waals surface area contributed by atoms with Crippen LogP contribution in [0.15, 0.2) is 42.5 Å². The quantitative estimate of drug-likeness (QED) is 0.555. The van der Waals surface area contributed by atoms with Gasteiger partial charge in [-0.15, -0.1) is 5.10 Å². The second kappa shape index (κ2) is 6.89. The average Bonchev–Trinajstić information content (AvgIpc) is 2.99. The highest BCUT2D eigenvalue weighted by Gasteiger charge is 2.18. The molecular formula is C16H11ClFN5O3. The number of halogens is 2. The third-order valence-electron chi connectivity index (χ3n) is 3.45. The molecule has 26 heavy (non-hydrogen) atoms. The van der Waals surface area contributed by atoms with Crippen LogP contribution in [-0.4, -0.2) is 25.6 Å². The Kier molecular flexibility index (Phi) is 4.63. The molecule has 1 N–H and O–H groups in total. The first kappa shape index (κ1) is 17.5. The van der Waals surface area contributed by atoms with Crippen LogP contribution in [0.5, 0.6) is 0 Å². The van der Waals surface area contributed by atoms with E-state index in [-0.39, 0.29) is 17.2 Å². The van der Waals surface area contributed by atoms with Crippen molar-refractivity contribution in [3.05, 3.63) is 75.1 Å². The molecule has 3 aromatic rings. The molecule has 0 aliphatic rings. The van der Waals surface area contributed by atoms with Crippen molar-refractivity contribution in [1.29, 1.82) is 0 Å². The monoisotopic (exact) mass is 375 g/mol. The van der Waals surface area contributed by atoms with Gasteiger partial charge in [-0.25, -0.2) is 14.1 Å². The predicted octanol–water partition coefficient (Wildman–Crippen LogP) is 3.53. The largest absolute Gasteiger partial charge is 0.316 e. The van der Waals surface area contributed by atoms with Gasteiger partial charge in [-0.2, -0.15) is 0 Å². The van der Waals surface area contributed by atoms with Gasteiger partial charge in [0.15, 0.2) is 0 Å². The number of benzene rings is 2. The van der Waals surface area contributed by atoms with E-state index in [2.05, 4.69) is 15.4 Å². The van der Waals surface area contributed by atoms with E-state index in [9.17, 15) is 19.3 Å². The van der Waals surface area contributed by atoms with Crippen LogP contribution >= 0.6 is 11.6 Å². The van der Waals surface area contributed by atoms with E-state index in [4.69, 9.17) is 11.6 Å². The summed E-state index contributed by atoms with van der Waals surface area (Å²) in [5.41, 5.74) is -0.0396. The molecule has 132 valence electrons. The second-order valence-corrected chi connectivity index (χ2v) is 5.68. The number of nitrogens with zero attached hydrogens (tertiary/aromatic N) is 4. The van der Waals surface area contributed by atoms with Gasteiger partial charge < -0.3 is 5.32 Å². The number of aryl methyl sites for hydroxylation is 1. The fourth-order valence-corrected chi connectivity index (χ4v) is 2.34. The van der Waals surface area contributed by atoms with Crippen LogP contribution in [-0.2, 0) is 0 Å². The van der Waals surface area contributed by atoms with Crippen LogP contribution in [0.4, 0.5) is 15.8 Å². The maximum atomic E-state index is 13.8. The van der Waals surface area contributed by atoms with Crippen molar-refractivity contribution in [3.8, 4) is 5.69 Å². The van der Waals surface area contributed by atoms with E-state index in [0.29, 0.717) is 16.5 Å². The highest BCUT2D eigenvalue weighted by atomic mass is 35.5. The summed E-state index contributed by atoms with van der Waals surface area (Å²) in [5, 5.41) is 17.7. The Morgan fingerprint density at radius 1 is 1.27 bits per heavy atom. The minimum Gasteiger partial charge on any atom is -0.316 e. The van der Waals surface area contributed by atoms with Crippen LogP contribution in [0.3, 0.4) is 0 Å². The van der Waals surface area contributed by atoms with E-state index in [1.807, 2.05) is 0 Å². The van der Waals surface area contributed by atoms with Crippen LogP contribution in [0.25, 0.3) is 5.69 Å². The Hall–Kier alpha value is -3.33.